The van der Waals surface area contributed by atoms with Crippen LogP contribution < -0.4 is 10.5 Å². The van der Waals surface area contributed by atoms with Crippen molar-refractivity contribution in [1.82, 2.24) is 0 Å². The first-order valence-corrected chi connectivity index (χ1v) is 5.50. The van der Waals surface area contributed by atoms with E-state index in [9.17, 15) is 8.78 Å². The molecular formula is C13H9F2NOS. The summed E-state index contributed by atoms with van der Waals surface area (Å²) in [4.78, 5) is -0.112. The Balaban J connectivity index is 2.40. The molecule has 0 saturated carbocycles. The minimum Gasteiger partial charge on any atom is -0.456 e. The lowest BCUT2D eigenvalue weighted by molar-refractivity contribution is 0.470. The van der Waals surface area contributed by atoms with E-state index in [4.69, 9.17) is 22.7 Å². The summed E-state index contributed by atoms with van der Waals surface area (Å²) in [6.45, 7) is 0. The van der Waals surface area contributed by atoms with E-state index >= 15 is 0 Å². The van der Waals surface area contributed by atoms with E-state index in [1.165, 1.54) is 36.4 Å². The second-order valence-electron chi connectivity index (χ2n) is 3.54. The predicted molar refractivity (Wildman–Crippen MR) is 68.8 cm³/mol. The van der Waals surface area contributed by atoms with Crippen molar-refractivity contribution in [2.45, 2.75) is 0 Å². The molecule has 2 N–H and O–H groups in total. The summed E-state index contributed by atoms with van der Waals surface area (Å²) in [7, 11) is 0. The van der Waals surface area contributed by atoms with Crippen LogP contribution >= 0.6 is 12.2 Å². The van der Waals surface area contributed by atoms with Crippen LogP contribution in [0.3, 0.4) is 0 Å². The highest BCUT2D eigenvalue weighted by Crippen LogP contribution is 2.27. The summed E-state index contributed by atoms with van der Waals surface area (Å²) in [5.41, 5.74) is 5.45. The van der Waals surface area contributed by atoms with Crippen LogP contribution in [0.25, 0.3) is 0 Å². The highest BCUT2D eigenvalue weighted by molar-refractivity contribution is 7.80. The maximum absolute atomic E-state index is 13.6. The molecule has 2 nitrogen and oxygen atoms in total. The maximum atomic E-state index is 13.6. The van der Waals surface area contributed by atoms with Gasteiger partial charge in [-0.25, -0.2) is 8.78 Å². The zero-order valence-electron chi connectivity index (χ0n) is 9.19. The van der Waals surface area contributed by atoms with Gasteiger partial charge in [0.25, 0.3) is 0 Å². The van der Waals surface area contributed by atoms with Crippen LogP contribution in [-0.2, 0) is 0 Å². The number of ether oxygens (including phenoxy) is 1. The van der Waals surface area contributed by atoms with Crippen molar-refractivity contribution in [2.24, 2.45) is 5.73 Å². The van der Waals surface area contributed by atoms with E-state index in [-0.39, 0.29) is 22.1 Å². The Morgan fingerprint density at radius 1 is 1.11 bits per heavy atom. The minimum absolute atomic E-state index is 0.0109. The van der Waals surface area contributed by atoms with E-state index < -0.39 is 11.6 Å². The van der Waals surface area contributed by atoms with Crippen LogP contribution in [0.2, 0.25) is 0 Å². The van der Waals surface area contributed by atoms with E-state index in [1.54, 1.807) is 6.07 Å². The fraction of sp³-hybridized carbons (Fsp3) is 0. The summed E-state index contributed by atoms with van der Waals surface area (Å²) in [5.74, 6) is -0.608. The summed E-state index contributed by atoms with van der Waals surface area (Å²) in [6.07, 6.45) is 0. The Labute approximate surface area is 108 Å². The SMILES string of the molecule is NC(=S)c1c(F)cccc1Oc1cccc(F)c1. The Kier molecular flexibility index (Phi) is 3.53. The normalized spacial score (nSPS) is 10.1. The molecule has 0 spiro atoms. The number of thiocarbonyl (C=S) groups is 1. The molecule has 0 unspecified atom stereocenters. The molecule has 2 rings (SSSR count). The first-order valence-electron chi connectivity index (χ1n) is 5.09. The molecule has 0 atom stereocenters. The largest absolute Gasteiger partial charge is 0.456 e. The molecule has 2 aromatic carbocycles. The van der Waals surface area contributed by atoms with Gasteiger partial charge in [0.15, 0.2) is 0 Å². The van der Waals surface area contributed by atoms with Crippen LogP contribution in [0, 0.1) is 11.6 Å². The van der Waals surface area contributed by atoms with Crippen molar-refractivity contribution in [1.29, 1.82) is 0 Å². The highest BCUT2D eigenvalue weighted by atomic mass is 32.1. The van der Waals surface area contributed by atoms with Crippen molar-refractivity contribution >= 4 is 17.2 Å². The molecule has 0 amide bonds. The molecule has 0 aliphatic heterocycles. The molecule has 0 fully saturated rings. The van der Waals surface area contributed by atoms with Gasteiger partial charge in [0, 0.05) is 6.07 Å². The van der Waals surface area contributed by atoms with Crippen LogP contribution in [-0.4, -0.2) is 4.99 Å². The van der Waals surface area contributed by atoms with Crippen LogP contribution in [0.5, 0.6) is 11.5 Å². The van der Waals surface area contributed by atoms with Crippen LogP contribution in [0.1, 0.15) is 5.56 Å². The molecule has 0 saturated heterocycles. The van der Waals surface area contributed by atoms with Gasteiger partial charge in [0.05, 0.1) is 5.56 Å². The minimum atomic E-state index is -0.573. The second-order valence-corrected chi connectivity index (χ2v) is 3.98. The first-order chi connectivity index (χ1) is 8.58. The van der Waals surface area contributed by atoms with Gasteiger partial charge in [-0.1, -0.05) is 24.4 Å². The maximum Gasteiger partial charge on any atom is 0.140 e. The fourth-order valence-corrected chi connectivity index (χ4v) is 1.68. The number of benzene rings is 2. The van der Waals surface area contributed by atoms with Gasteiger partial charge in [-0.15, -0.1) is 0 Å². The van der Waals surface area contributed by atoms with Crippen molar-refractivity contribution in [2.75, 3.05) is 0 Å². The van der Waals surface area contributed by atoms with Crippen LogP contribution in [0.15, 0.2) is 42.5 Å². The quantitative estimate of drug-likeness (QED) is 0.864. The molecule has 0 heterocycles. The molecule has 0 radical (unpaired) electrons. The monoisotopic (exact) mass is 265 g/mol. The lowest BCUT2D eigenvalue weighted by Crippen LogP contribution is -2.13. The highest BCUT2D eigenvalue weighted by Gasteiger charge is 2.13. The summed E-state index contributed by atoms with van der Waals surface area (Å²) < 4.78 is 32.0. The summed E-state index contributed by atoms with van der Waals surface area (Å²) in [5, 5.41) is 0. The average Bonchev–Trinajstić information content (AvgIpc) is 2.28. The molecule has 0 aromatic heterocycles. The number of nitrogens with two attached hydrogens (primary N) is 1. The molecule has 0 aliphatic rings. The average molecular weight is 265 g/mol. The van der Waals surface area contributed by atoms with Crippen molar-refractivity contribution in [3.05, 3.63) is 59.7 Å². The van der Waals surface area contributed by atoms with E-state index in [1.807, 2.05) is 0 Å². The standard InChI is InChI=1S/C13H9F2NOS/c14-8-3-1-4-9(7-8)17-11-6-2-5-10(15)12(11)13(16)18/h1-7H,(H2,16,18). The van der Waals surface area contributed by atoms with Gasteiger partial charge in [0.2, 0.25) is 0 Å². The number of hydrogen-bond donors (Lipinski definition) is 1. The van der Waals surface area contributed by atoms with Gasteiger partial charge in [-0.3, -0.25) is 0 Å². The van der Waals surface area contributed by atoms with Gasteiger partial charge in [-0.05, 0) is 24.3 Å². The van der Waals surface area contributed by atoms with E-state index in [0.29, 0.717) is 0 Å². The lowest BCUT2D eigenvalue weighted by Gasteiger charge is -2.10. The first kappa shape index (κ1) is 12.4. The van der Waals surface area contributed by atoms with Gasteiger partial charge in [0.1, 0.15) is 28.1 Å². The van der Waals surface area contributed by atoms with Gasteiger partial charge in [-0.2, -0.15) is 0 Å². The van der Waals surface area contributed by atoms with Crippen molar-refractivity contribution < 1.29 is 13.5 Å². The summed E-state index contributed by atoms with van der Waals surface area (Å²) in [6, 6.07) is 9.73. The molecule has 5 heteroatoms. The van der Waals surface area contributed by atoms with Gasteiger partial charge < -0.3 is 10.5 Å². The summed E-state index contributed by atoms with van der Waals surface area (Å²) >= 11 is 4.76. The molecular weight excluding hydrogens is 256 g/mol. The smallest absolute Gasteiger partial charge is 0.140 e. The van der Waals surface area contributed by atoms with E-state index in [2.05, 4.69) is 0 Å². The topological polar surface area (TPSA) is 35.2 Å². The third-order valence-electron chi connectivity index (χ3n) is 2.25. The van der Waals surface area contributed by atoms with E-state index in [0.717, 1.165) is 0 Å². The lowest BCUT2D eigenvalue weighted by atomic mass is 10.2. The molecule has 92 valence electrons. The van der Waals surface area contributed by atoms with Gasteiger partial charge >= 0.3 is 0 Å². The molecule has 18 heavy (non-hydrogen) atoms. The third-order valence-corrected chi connectivity index (χ3v) is 2.45. The zero-order valence-corrected chi connectivity index (χ0v) is 10.0. The number of hydrogen-bond acceptors (Lipinski definition) is 2. The van der Waals surface area contributed by atoms with Crippen molar-refractivity contribution in [3.63, 3.8) is 0 Å². The molecule has 0 aliphatic carbocycles. The second kappa shape index (κ2) is 5.10. The Bertz CT molecular complexity index is 601. The molecule has 2 aromatic rings. The third kappa shape index (κ3) is 2.62. The van der Waals surface area contributed by atoms with Crippen LogP contribution in [0.4, 0.5) is 8.78 Å². The number of rotatable bonds is 3. The Morgan fingerprint density at radius 3 is 2.50 bits per heavy atom. The zero-order chi connectivity index (χ0) is 13.1. The Hall–Kier alpha value is -2.01. The fourth-order valence-electron chi connectivity index (χ4n) is 1.49. The molecule has 0 bridgehead atoms. The number of halogens is 2. The Morgan fingerprint density at radius 2 is 1.83 bits per heavy atom. The predicted octanol–water partition coefficient (Wildman–Crippen LogP) is 3.39. The van der Waals surface area contributed by atoms with Crippen molar-refractivity contribution in [3.8, 4) is 11.5 Å².